The van der Waals surface area contributed by atoms with E-state index in [0.29, 0.717) is 24.2 Å². The Bertz CT molecular complexity index is 701. The van der Waals surface area contributed by atoms with E-state index >= 15 is 0 Å². The standard InChI is InChI=1S/C19H24N2O5/c1-13(22)15-7-6-8-16(11-15)20-19(25)14(2)26-18(24)12-21-10-5-3-4-9-17(21)23/h6-8,11,14H,3-5,9-10,12H2,1-2H3,(H,20,25). The second-order valence-electron chi connectivity index (χ2n) is 6.38. The summed E-state index contributed by atoms with van der Waals surface area (Å²) < 4.78 is 5.14. The number of rotatable bonds is 6. The van der Waals surface area contributed by atoms with Crippen molar-refractivity contribution < 1.29 is 23.9 Å². The molecule has 26 heavy (non-hydrogen) atoms. The smallest absolute Gasteiger partial charge is 0.326 e. The molecule has 1 atom stereocenters. The lowest BCUT2D eigenvalue weighted by molar-refractivity contribution is -0.156. The topological polar surface area (TPSA) is 92.8 Å². The van der Waals surface area contributed by atoms with Crippen LogP contribution in [0.25, 0.3) is 0 Å². The van der Waals surface area contributed by atoms with Gasteiger partial charge in [0.25, 0.3) is 5.91 Å². The van der Waals surface area contributed by atoms with Crippen LogP contribution in [-0.2, 0) is 19.1 Å². The van der Waals surface area contributed by atoms with Gasteiger partial charge < -0.3 is 15.0 Å². The number of esters is 1. The van der Waals surface area contributed by atoms with Gasteiger partial charge in [-0.3, -0.25) is 19.2 Å². The number of nitrogens with one attached hydrogen (secondary N) is 1. The zero-order valence-corrected chi connectivity index (χ0v) is 15.1. The lowest BCUT2D eigenvalue weighted by atomic mass is 10.1. The second-order valence-corrected chi connectivity index (χ2v) is 6.38. The van der Waals surface area contributed by atoms with Gasteiger partial charge in [0.2, 0.25) is 5.91 Å². The summed E-state index contributed by atoms with van der Waals surface area (Å²) in [6.07, 6.45) is 2.10. The van der Waals surface area contributed by atoms with Crippen LogP contribution in [-0.4, -0.2) is 47.7 Å². The molecule has 1 aromatic rings. The summed E-state index contributed by atoms with van der Waals surface area (Å²) in [6, 6.07) is 6.52. The third kappa shape index (κ3) is 5.68. The van der Waals surface area contributed by atoms with Crippen LogP contribution in [0.3, 0.4) is 0 Å². The number of anilines is 1. The molecule has 7 nitrogen and oxygen atoms in total. The van der Waals surface area contributed by atoms with Crippen molar-refractivity contribution in [3.63, 3.8) is 0 Å². The first-order valence-electron chi connectivity index (χ1n) is 8.76. The average Bonchev–Trinajstić information content (AvgIpc) is 2.79. The van der Waals surface area contributed by atoms with Gasteiger partial charge in [0.05, 0.1) is 0 Å². The van der Waals surface area contributed by atoms with Crippen molar-refractivity contribution in [2.75, 3.05) is 18.4 Å². The Labute approximate surface area is 152 Å². The molecule has 1 fully saturated rings. The van der Waals surface area contributed by atoms with Crippen molar-refractivity contribution in [3.8, 4) is 0 Å². The van der Waals surface area contributed by atoms with Gasteiger partial charge in [-0.05, 0) is 38.8 Å². The molecule has 1 unspecified atom stereocenters. The van der Waals surface area contributed by atoms with Crippen LogP contribution in [0.15, 0.2) is 24.3 Å². The van der Waals surface area contributed by atoms with Crippen LogP contribution in [0.4, 0.5) is 5.69 Å². The second kappa shape index (κ2) is 9.12. The van der Waals surface area contributed by atoms with Crippen molar-refractivity contribution in [2.24, 2.45) is 0 Å². The fraction of sp³-hybridized carbons (Fsp3) is 0.474. The highest BCUT2D eigenvalue weighted by atomic mass is 16.5. The van der Waals surface area contributed by atoms with Crippen LogP contribution in [0.5, 0.6) is 0 Å². The number of ether oxygens (including phenoxy) is 1. The maximum Gasteiger partial charge on any atom is 0.326 e. The molecule has 1 aromatic carbocycles. The lowest BCUT2D eigenvalue weighted by Crippen LogP contribution is -2.38. The Morgan fingerprint density at radius 3 is 2.73 bits per heavy atom. The molecule has 1 aliphatic rings. The number of benzene rings is 1. The molecule has 0 bridgehead atoms. The molecule has 1 N–H and O–H groups in total. The summed E-state index contributed by atoms with van der Waals surface area (Å²) in [5.74, 6) is -1.28. The molecule has 0 spiro atoms. The summed E-state index contributed by atoms with van der Waals surface area (Å²) >= 11 is 0. The van der Waals surface area contributed by atoms with Crippen molar-refractivity contribution in [3.05, 3.63) is 29.8 Å². The van der Waals surface area contributed by atoms with Gasteiger partial charge in [0.1, 0.15) is 6.54 Å². The van der Waals surface area contributed by atoms with E-state index in [2.05, 4.69) is 5.32 Å². The number of amides is 2. The third-order valence-electron chi connectivity index (χ3n) is 4.21. The van der Waals surface area contributed by atoms with Gasteiger partial charge in [-0.1, -0.05) is 18.6 Å². The number of carbonyl (C=O) groups is 4. The van der Waals surface area contributed by atoms with Gasteiger partial charge >= 0.3 is 5.97 Å². The van der Waals surface area contributed by atoms with Gasteiger partial charge in [-0.25, -0.2) is 0 Å². The first kappa shape index (κ1) is 19.6. The number of carbonyl (C=O) groups excluding carboxylic acids is 4. The average molecular weight is 360 g/mol. The predicted octanol–water partition coefficient (Wildman–Crippen LogP) is 2.16. The van der Waals surface area contributed by atoms with E-state index in [4.69, 9.17) is 4.74 Å². The van der Waals surface area contributed by atoms with Gasteiger partial charge in [-0.15, -0.1) is 0 Å². The van der Waals surface area contributed by atoms with Gasteiger partial charge in [-0.2, -0.15) is 0 Å². The number of hydrogen-bond donors (Lipinski definition) is 1. The summed E-state index contributed by atoms with van der Waals surface area (Å²) in [5.41, 5.74) is 0.931. The van der Waals surface area contributed by atoms with Crippen molar-refractivity contribution in [1.29, 1.82) is 0 Å². The van der Waals surface area contributed by atoms with Crippen LogP contribution >= 0.6 is 0 Å². The Morgan fingerprint density at radius 1 is 1.23 bits per heavy atom. The lowest BCUT2D eigenvalue weighted by Gasteiger charge is -2.20. The van der Waals surface area contributed by atoms with Crippen molar-refractivity contribution >= 4 is 29.3 Å². The predicted molar refractivity (Wildman–Crippen MR) is 95.7 cm³/mol. The van der Waals surface area contributed by atoms with Crippen LogP contribution in [0, 0.1) is 0 Å². The minimum atomic E-state index is -1.01. The highest BCUT2D eigenvalue weighted by Gasteiger charge is 2.23. The Hall–Kier alpha value is -2.70. The minimum Gasteiger partial charge on any atom is -0.451 e. The first-order chi connectivity index (χ1) is 12.4. The third-order valence-corrected chi connectivity index (χ3v) is 4.21. The molecule has 1 aliphatic heterocycles. The van der Waals surface area contributed by atoms with E-state index in [0.717, 1.165) is 19.3 Å². The maximum atomic E-state index is 12.2. The van der Waals surface area contributed by atoms with Gasteiger partial charge in [0.15, 0.2) is 11.9 Å². The summed E-state index contributed by atoms with van der Waals surface area (Å²) in [5, 5.41) is 2.62. The number of nitrogens with zero attached hydrogens (tertiary/aromatic N) is 1. The highest BCUT2D eigenvalue weighted by molar-refractivity contribution is 5.98. The minimum absolute atomic E-state index is 0.0578. The molecule has 1 heterocycles. The van der Waals surface area contributed by atoms with E-state index in [9.17, 15) is 19.2 Å². The molecular formula is C19H24N2O5. The van der Waals surface area contributed by atoms with E-state index < -0.39 is 18.0 Å². The molecule has 7 heteroatoms. The Morgan fingerprint density at radius 2 is 2.00 bits per heavy atom. The molecule has 0 saturated carbocycles. The molecule has 2 amide bonds. The normalized spacial score (nSPS) is 15.8. The number of hydrogen-bond acceptors (Lipinski definition) is 5. The van der Waals surface area contributed by atoms with E-state index in [1.54, 1.807) is 24.3 Å². The van der Waals surface area contributed by atoms with Crippen molar-refractivity contribution in [2.45, 2.75) is 45.6 Å². The number of ketones is 1. The Balaban J connectivity index is 1.87. The summed E-state index contributed by atoms with van der Waals surface area (Å²) in [4.78, 5) is 49.0. The molecule has 0 aromatic heterocycles. The largest absolute Gasteiger partial charge is 0.451 e. The maximum absolute atomic E-state index is 12.2. The van der Waals surface area contributed by atoms with Gasteiger partial charge in [0, 0.05) is 24.2 Å². The van der Waals surface area contributed by atoms with Crippen LogP contribution in [0.2, 0.25) is 0 Å². The Kier molecular flexibility index (Phi) is 6.89. The fourth-order valence-corrected chi connectivity index (χ4v) is 2.71. The van der Waals surface area contributed by atoms with E-state index in [1.807, 2.05) is 0 Å². The number of likely N-dealkylation sites (tertiary alicyclic amines) is 1. The van der Waals surface area contributed by atoms with E-state index in [1.165, 1.54) is 18.7 Å². The zero-order valence-electron chi connectivity index (χ0n) is 15.1. The molecule has 2 rings (SSSR count). The molecule has 1 saturated heterocycles. The van der Waals surface area contributed by atoms with E-state index in [-0.39, 0.29) is 18.2 Å². The molecule has 0 aliphatic carbocycles. The summed E-state index contributed by atoms with van der Waals surface area (Å²) in [7, 11) is 0. The first-order valence-corrected chi connectivity index (χ1v) is 8.76. The molecule has 0 radical (unpaired) electrons. The SMILES string of the molecule is CC(=O)c1cccc(NC(=O)C(C)OC(=O)CN2CCCCCC2=O)c1. The monoisotopic (exact) mass is 360 g/mol. The fourth-order valence-electron chi connectivity index (χ4n) is 2.71. The highest BCUT2D eigenvalue weighted by Crippen LogP contribution is 2.13. The summed E-state index contributed by atoms with van der Waals surface area (Å²) in [6.45, 7) is 3.30. The molecular weight excluding hydrogens is 336 g/mol. The van der Waals surface area contributed by atoms with Crippen molar-refractivity contribution in [1.82, 2.24) is 4.90 Å². The van der Waals surface area contributed by atoms with Crippen LogP contribution in [0.1, 0.15) is 49.9 Å². The number of Topliss-reactive ketones (excluding diaryl/α,β-unsaturated/α-hetero) is 1. The quantitative estimate of drug-likeness (QED) is 0.620. The molecule has 140 valence electrons. The zero-order chi connectivity index (χ0) is 19.1. The van der Waals surface area contributed by atoms with Crippen LogP contribution < -0.4 is 5.32 Å².